The number of hydrogen-bond donors (Lipinski definition) is 0. The van der Waals surface area contributed by atoms with E-state index in [9.17, 15) is 0 Å². The van der Waals surface area contributed by atoms with Gasteiger partial charge in [-0.05, 0) is 63.4 Å². The van der Waals surface area contributed by atoms with Gasteiger partial charge in [-0.2, -0.15) is 0 Å². The predicted molar refractivity (Wildman–Crippen MR) is 192 cm³/mol. The number of furan rings is 1. The minimum absolute atomic E-state index is 0.600. The number of hydrogen-bond acceptors (Lipinski definition) is 4. The van der Waals surface area contributed by atoms with Crippen LogP contribution >= 0.6 is 0 Å². The lowest BCUT2D eigenvalue weighted by Gasteiger charge is -2.10. The van der Waals surface area contributed by atoms with E-state index in [2.05, 4.69) is 109 Å². The molecule has 9 rings (SSSR count). The lowest BCUT2D eigenvalue weighted by atomic mass is 9.97. The lowest BCUT2D eigenvalue weighted by Crippen LogP contribution is -2.00. The number of benzene rings is 7. The van der Waals surface area contributed by atoms with Crippen molar-refractivity contribution < 1.29 is 4.42 Å². The fourth-order valence-corrected chi connectivity index (χ4v) is 6.27. The molecule has 4 heteroatoms. The highest BCUT2D eigenvalue weighted by atomic mass is 16.3. The van der Waals surface area contributed by atoms with Crippen LogP contribution in [0.4, 0.5) is 0 Å². The van der Waals surface area contributed by atoms with E-state index in [1.165, 1.54) is 21.9 Å². The normalized spacial score (nSPS) is 11.4. The van der Waals surface area contributed by atoms with Crippen LogP contribution in [-0.4, -0.2) is 15.0 Å². The third-order valence-electron chi connectivity index (χ3n) is 8.73. The molecule has 47 heavy (non-hydrogen) atoms. The van der Waals surface area contributed by atoms with E-state index in [0.717, 1.165) is 49.8 Å². The predicted octanol–water partition coefficient (Wildman–Crippen LogP) is 11.3. The van der Waals surface area contributed by atoms with Gasteiger partial charge in [0.15, 0.2) is 17.5 Å². The van der Waals surface area contributed by atoms with Crippen LogP contribution in [-0.2, 0) is 0 Å². The number of para-hydroxylation sites is 1. The highest BCUT2D eigenvalue weighted by molar-refractivity contribution is 6.05. The quantitative estimate of drug-likeness (QED) is 0.197. The first-order chi connectivity index (χ1) is 23.2. The Labute approximate surface area is 271 Å². The standard InChI is InChI=1S/C43H27N3O/c1-2-10-30(11-3-1)41-44-42(46-43(45-41)36-23-24-38-37-15-6-7-16-39(37)47-40(38)27-36)31-20-17-29(18-21-31)33-13-8-14-34(25-33)35-22-19-28-9-4-5-12-32(28)26-35/h1-27H. The molecule has 0 aliphatic rings. The first-order valence-electron chi connectivity index (χ1n) is 15.7. The first kappa shape index (κ1) is 27.0. The number of rotatable bonds is 5. The van der Waals surface area contributed by atoms with Gasteiger partial charge < -0.3 is 4.42 Å². The highest BCUT2D eigenvalue weighted by Crippen LogP contribution is 2.33. The SMILES string of the molecule is c1ccc(-c2nc(-c3ccc(-c4cccc(-c5ccc6ccccc6c5)c4)cc3)nc(-c3ccc4c(c3)oc3ccccc34)n2)cc1. The van der Waals surface area contributed by atoms with Crippen molar-refractivity contribution >= 4 is 32.7 Å². The zero-order valence-corrected chi connectivity index (χ0v) is 25.3. The molecule has 0 amide bonds. The van der Waals surface area contributed by atoms with Crippen LogP contribution in [0.1, 0.15) is 0 Å². The molecule has 2 heterocycles. The maximum absolute atomic E-state index is 6.18. The van der Waals surface area contributed by atoms with Crippen LogP contribution < -0.4 is 0 Å². The number of aromatic nitrogens is 3. The van der Waals surface area contributed by atoms with Crippen LogP contribution in [0.3, 0.4) is 0 Å². The summed E-state index contributed by atoms with van der Waals surface area (Å²) in [5.74, 6) is 1.85. The van der Waals surface area contributed by atoms with Crippen LogP contribution in [0.15, 0.2) is 168 Å². The second-order valence-electron chi connectivity index (χ2n) is 11.7. The number of fused-ring (bicyclic) bond motifs is 4. The fourth-order valence-electron chi connectivity index (χ4n) is 6.27. The van der Waals surface area contributed by atoms with E-state index in [1.807, 2.05) is 54.6 Å². The van der Waals surface area contributed by atoms with E-state index in [0.29, 0.717) is 17.5 Å². The van der Waals surface area contributed by atoms with E-state index < -0.39 is 0 Å². The van der Waals surface area contributed by atoms with Crippen molar-refractivity contribution in [2.75, 3.05) is 0 Å². The molecule has 0 fully saturated rings. The molecule has 0 aliphatic heterocycles. The summed E-state index contributed by atoms with van der Waals surface area (Å²) in [5.41, 5.74) is 9.08. The van der Waals surface area contributed by atoms with Crippen molar-refractivity contribution in [3.63, 3.8) is 0 Å². The van der Waals surface area contributed by atoms with Crippen LogP contribution in [0, 0.1) is 0 Å². The van der Waals surface area contributed by atoms with E-state index in [-0.39, 0.29) is 0 Å². The Morgan fingerprint density at radius 1 is 0.298 bits per heavy atom. The zero-order chi connectivity index (χ0) is 31.2. The molecule has 9 aromatic rings. The van der Waals surface area contributed by atoms with Gasteiger partial charge in [0.25, 0.3) is 0 Å². The summed E-state index contributed by atoms with van der Waals surface area (Å²) in [6.45, 7) is 0. The molecule has 7 aromatic carbocycles. The zero-order valence-electron chi connectivity index (χ0n) is 25.3. The molecule has 0 atom stereocenters. The smallest absolute Gasteiger partial charge is 0.164 e. The summed E-state index contributed by atoms with van der Waals surface area (Å²) in [4.78, 5) is 14.8. The van der Waals surface area contributed by atoms with Crippen LogP contribution in [0.2, 0.25) is 0 Å². The molecule has 0 radical (unpaired) electrons. The van der Waals surface area contributed by atoms with Gasteiger partial charge in [0.2, 0.25) is 0 Å². The van der Waals surface area contributed by atoms with E-state index in [1.54, 1.807) is 0 Å². The van der Waals surface area contributed by atoms with Gasteiger partial charge in [-0.15, -0.1) is 0 Å². The Morgan fingerprint density at radius 3 is 1.64 bits per heavy atom. The van der Waals surface area contributed by atoms with Gasteiger partial charge in [-0.3, -0.25) is 0 Å². The fraction of sp³-hybridized carbons (Fsp3) is 0. The number of nitrogens with zero attached hydrogens (tertiary/aromatic N) is 3. The Kier molecular flexibility index (Phi) is 6.43. The summed E-state index contributed by atoms with van der Waals surface area (Å²) in [7, 11) is 0. The molecule has 0 saturated carbocycles. The van der Waals surface area contributed by atoms with Crippen molar-refractivity contribution in [2.24, 2.45) is 0 Å². The summed E-state index contributed by atoms with van der Waals surface area (Å²) < 4.78 is 6.18. The maximum atomic E-state index is 6.18. The Bertz CT molecular complexity index is 2570. The van der Waals surface area contributed by atoms with E-state index in [4.69, 9.17) is 19.4 Å². The minimum Gasteiger partial charge on any atom is -0.456 e. The second-order valence-corrected chi connectivity index (χ2v) is 11.7. The van der Waals surface area contributed by atoms with Crippen molar-refractivity contribution in [1.82, 2.24) is 15.0 Å². The first-order valence-corrected chi connectivity index (χ1v) is 15.7. The Morgan fingerprint density at radius 2 is 0.830 bits per heavy atom. The highest BCUT2D eigenvalue weighted by Gasteiger charge is 2.15. The van der Waals surface area contributed by atoms with Gasteiger partial charge >= 0.3 is 0 Å². The lowest BCUT2D eigenvalue weighted by molar-refractivity contribution is 0.669. The summed E-state index contributed by atoms with van der Waals surface area (Å²) in [6, 6.07) is 56.6. The molecule has 0 spiro atoms. The largest absolute Gasteiger partial charge is 0.456 e. The van der Waals surface area contributed by atoms with Crippen molar-refractivity contribution in [3.8, 4) is 56.4 Å². The van der Waals surface area contributed by atoms with Gasteiger partial charge in [-0.1, -0.05) is 133 Å². The van der Waals surface area contributed by atoms with Crippen molar-refractivity contribution in [1.29, 1.82) is 0 Å². The molecule has 0 unspecified atom stereocenters. The average Bonchev–Trinajstić information content (AvgIpc) is 3.53. The molecular weight excluding hydrogens is 574 g/mol. The Hall–Kier alpha value is -6.39. The van der Waals surface area contributed by atoms with Gasteiger partial charge in [0.05, 0.1) is 0 Å². The molecule has 220 valence electrons. The molecule has 0 saturated heterocycles. The molecule has 2 aromatic heterocycles. The van der Waals surface area contributed by atoms with Crippen molar-refractivity contribution in [3.05, 3.63) is 164 Å². The topological polar surface area (TPSA) is 51.8 Å². The average molecular weight is 602 g/mol. The Balaban J connectivity index is 1.09. The van der Waals surface area contributed by atoms with Crippen LogP contribution in [0.25, 0.3) is 89.1 Å². The monoisotopic (exact) mass is 601 g/mol. The summed E-state index contributed by atoms with van der Waals surface area (Å²) >= 11 is 0. The van der Waals surface area contributed by atoms with Crippen molar-refractivity contribution in [2.45, 2.75) is 0 Å². The third-order valence-corrected chi connectivity index (χ3v) is 8.73. The molecule has 0 bridgehead atoms. The molecule has 4 nitrogen and oxygen atoms in total. The molecular formula is C43H27N3O. The third kappa shape index (κ3) is 5.02. The van der Waals surface area contributed by atoms with Crippen LogP contribution in [0.5, 0.6) is 0 Å². The van der Waals surface area contributed by atoms with Gasteiger partial charge in [-0.25, -0.2) is 15.0 Å². The summed E-state index contributed by atoms with van der Waals surface area (Å²) in [5, 5.41) is 4.65. The maximum Gasteiger partial charge on any atom is 0.164 e. The van der Waals surface area contributed by atoms with Gasteiger partial charge in [0.1, 0.15) is 11.2 Å². The minimum atomic E-state index is 0.600. The molecule has 0 N–H and O–H groups in total. The molecule has 0 aliphatic carbocycles. The van der Waals surface area contributed by atoms with E-state index >= 15 is 0 Å². The second kappa shape index (κ2) is 11.2. The summed E-state index contributed by atoms with van der Waals surface area (Å²) in [6.07, 6.45) is 0. The van der Waals surface area contributed by atoms with Gasteiger partial charge in [0, 0.05) is 27.5 Å².